The first-order valence-electron chi connectivity index (χ1n) is 7.66. The highest BCUT2D eigenvalue weighted by Gasteiger charge is 2.29. The van der Waals surface area contributed by atoms with Crippen molar-refractivity contribution < 1.29 is 27.5 Å². The lowest BCUT2D eigenvalue weighted by Crippen LogP contribution is -2.35. The number of halogens is 3. The molecule has 1 saturated carbocycles. The van der Waals surface area contributed by atoms with Crippen molar-refractivity contribution in [1.29, 1.82) is 0 Å². The molecule has 0 spiro atoms. The summed E-state index contributed by atoms with van der Waals surface area (Å²) in [5.41, 5.74) is -0.332. The van der Waals surface area contributed by atoms with E-state index < -0.39 is 17.7 Å². The predicted octanol–water partition coefficient (Wildman–Crippen LogP) is 3.32. The summed E-state index contributed by atoms with van der Waals surface area (Å²) in [6.07, 6.45) is 2.05. The number of ether oxygens (including phenoxy) is 1. The summed E-state index contributed by atoms with van der Waals surface area (Å²) in [4.78, 5) is 23.1. The molecule has 1 fully saturated rings. The maximum absolute atomic E-state index is 12.4. The smallest absolute Gasteiger partial charge is 0.416 e. The molecule has 0 atom stereocenters. The molecule has 1 amide bonds. The Kier molecular flexibility index (Phi) is 6.00. The third-order valence-electron chi connectivity index (χ3n) is 3.72. The molecule has 2 rings (SSSR count). The Balaban J connectivity index is 1.76. The maximum Gasteiger partial charge on any atom is 0.416 e. The van der Waals surface area contributed by atoms with Gasteiger partial charge in [-0.1, -0.05) is 25.0 Å². The molecule has 1 aromatic carbocycles. The molecule has 0 saturated heterocycles. The Labute approximate surface area is 137 Å². The van der Waals surface area contributed by atoms with Crippen LogP contribution < -0.4 is 5.32 Å². The van der Waals surface area contributed by atoms with Gasteiger partial charge in [0, 0.05) is 12.1 Å². The van der Waals surface area contributed by atoms with Crippen molar-refractivity contribution in [3.8, 4) is 0 Å². The number of hydrogen-bond donors (Lipinski definition) is 1. The molecule has 0 heterocycles. The summed E-state index contributed by atoms with van der Waals surface area (Å²) in [7, 11) is 0. The average Bonchev–Trinajstić information content (AvgIpc) is 3.03. The minimum atomic E-state index is -4.39. The van der Waals surface area contributed by atoms with Crippen LogP contribution in [0, 0.1) is 0 Å². The molecule has 1 aliphatic rings. The van der Waals surface area contributed by atoms with E-state index in [9.17, 15) is 22.8 Å². The van der Waals surface area contributed by atoms with Gasteiger partial charge in [0.05, 0.1) is 5.56 Å². The van der Waals surface area contributed by atoms with E-state index in [2.05, 4.69) is 5.32 Å². The minimum absolute atomic E-state index is 0.152. The van der Waals surface area contributed by atoms with Crippen molar-refractivity contribution >= 4 is 18.0 Å². The van der Waals surface area contributed by atoms with E-state index in [0.717, 1.165) is 43.9 Å². The van der Waals surface area contributed by atoms with E-state index in [1.165, 1.54) is 18.2 Å². The largest absolute Gasteiger partial charge is 0.452 e. The summed E-state index contributed by atoms with van der Waals surface area (Å²) in [5, 5.41) is 2.78. The Bertz CT molecular complexity index is 603. The van der Waals surface area contributed by atoms with Crippen molar-refractivity contribution in [2.75, 3.05) is 6.61 Å². The number of carbonyl (C=O) groups is 2. The maximum atomic E-state index is 12.4. The first-order chi connectivity index (χ1) is 11.3. The second-order valence-corrected chi connectivity index (χ2v) is 5.61. The van der Waals surface area contributed by atoms with E-state index in [4.69, 9.17) is 4.74 Å². The number of hydrogen-bond acceptors (Lipinski definition) is 3. The van der Waals surface area contributed by atoms with Crippen LogP contribution in [0.2, 0.25) is 0 Å². The highest BCUT2D eigenvalue weighted by molar-refractivity contribution is 5.89. The summed E-state index contributed by atoms with van der Waals surface area (Å²) < 4.78 is 42.1. The summed E-state index contributed by atoms with van der Waals surface area (Å²) >= 11 is 0. The van der Waals surface area contributed by atoms with Gasteiger partial charge in [0.25, 0.3) is 5.91 Å². The fourth-order valence-electron chi connectivity index (χ4n) is 2.47. The molecule has 0 radical (unpaired) electrons. The topological polar surface area (TPSA) is 55.4 Å². The second-order valence-electron chi connectivity index (χ2n) is 5.61. The molecule has 0 unspecified atom stereocenters. The molecular weight excluding hydrogens is 323 g/mol. The number of nitrogens with one attached hydrogen (secondary N) is 1. The first-order valence-corrected chi connectivity index (χ1v) is 7.66. The van der Waals surface area contributed by atoms with Crippen molar-refractivity contribution in [2.45, 2.75) is 37.9 Å². The summed E-state index contributed by atoms with van der Waals surface area (Å²) in [6, 6.07) is 4.51. The highest BCUT2D eigenvalue weighted by atomic mass is 19.4. The Hall–Kier alpha value is -2.31. The van der Waals surface area contributed by atoms with Crippen LogP contribution in [0.15, 0.2) is 30.3 Å². The van der Waals surface area contributed by atoms with Crippen LogP contribution in [-0.4, -0.2) is 24.5 Å². The summed E-state index contributed by atoms with van der Waals surface area (Å²) in [6.45, 7) is -0.368. The second kappa shape index (κ2) is 7.99. The predicted molar refractivity (Wildman–Crippen MR) is 81.8 cm³/mol. The van der Waals surface area contributed by atoms with E-state index in [0.29, 0.717) is 5.56 Å². The third-order valence-corrected chi connectivity index (χ3v) is 3.72. The van der Waals surface area contributed by atoms with Gasteiger partial charge in [0.1, 0.15) is 0 Å². The fraction of sp³-hybridized carbons (Fsp3) is 0.412. The van der Waals surface area contributed by atoms with Crippen LogP contribution in [0.5, 0.6) is 0 Å². The van der Waals surface area contributed by atoms with Gasteiger partial charge in [-0.15, -0.1) is 0 Å². The number of benzene rings is 1. The van der Waals surface area contributed by atoms with Gasteiger partial charge in [0.15, 0.2) is 6.61 Å². The van der Waals surface area contributed by atoms with Crippen molar-refractivity contribution in [2.24, 2.45) is 0 Å². The van der Waals surface area contributed by atoms with Gasteiger partial charge in [-0.3, -0.25) is 4.79 Å². The number of esters is 1. The van der Waals surface area contributed by atoms with Gasteiger partial charge < -0.3 is 10.1 Å². The van der Waals surface area contributed by atoms with Gasteiger partial charge in [-0.2, -0.15) is 13.2 Å². The molecule has 130 valence electrons. The van der Waals surface area contributed by atoms with Crippen molar-refractivity contribution in [3.63, 3.8) is 0 Å². The van der Waals surface area contributed by atoms with Gasteiger partial charge in [0.2, 0.25) is 0 Å². The lowest BCUT2D eigenvalue weighted by atomic mass is 10.1. The minimum Gasteiger partial charge on any atom is -0.452 e. The molecule has 7 heteroatoms. The van der Waals surface area contributed by atoms with E-state index >= 15 is 0 Å². The monoisotopic (exact) mass is 341 g/mol. The van der Waals surface area contributed by atoms with Crippen LogP contribution in [0.1, 0.15) is 36.8 Å². The lowest BCUT2D eigenvalue weighted by Gasteiger charge is -2.11. The van der Waals surface area contributed by atoms with Gasteiger partial charge >= 0.3 is 12.1 Å². The van der Waals surface area contributed by atoms with Crippen LogP contribution >= 0.6 is 0 Å². The van der Waals surface area contributed by atoms with E-state index in [1.54, 1.807) is 0 Å². The number of rotatable bonds is 5. The van der Waals surface area contributed by atoms with Gasteiger partial charge in [-0.05, 0) is 36.6 Å². The van der Waals surface area contributed by atoms with Gasteiger partial charge in [-0.25, -0.2) is 4.79 Å². The Morgan fingerprint density at radius 1 is 1.17 bits per heavy atom. The standard InChI is InChI=1S/C17H18F3NO3/c18-17(19,20)13-8-5-12(6-9-13)7-10-16(23)24-11-15(22)21-14-3-1-2-4-14/h5-10,14H,1-4,11H2,(H,21,22)/b10-7+. The highest BCUT2D eigenvalue weighted by Crippen LogP contribution is 2.29. The zero-order chi connectivity index (χ0) is 17.6. The number of carbonyl (C=O) groups excluding carboxylic acids is 2. The molecule has 0 aromatic heterocycles. The third kappa shape index (κ3) is 5.72. The van der Waals surface area contributed by atoms with Crippen molar-refractivity contribution in [1.82, 2.24) is 5.32 Å². The average molecular weight is 341 g/mol. The first kappa shape index (κ1) is 18.0. The quantitative estimate of drug-likeness (QED) is 0.660. The van der Waals surface area contributed by atoms with Crippen LogP contribution in [0.25, 0.3) is 6.08 Å². The van der Waals surface area contributed by atoms with Crippen LogP contribution in [0.4, 0.5) is 13.2 Å². The molecule has 1 N–H and O–H groups in total. The molecule has 24 heavy (non-hydrogen) atoms. The van der Waals surface area contributed by atoms with Crippen LogP contribution in [-0.2, 0) is 20.5 Å². The molecule has 0 aliphatic heterocycles. The molecule has 0 bridgehead atoms. The molecule has 1 aliphatic carbocycles. The lowest BCUT2D eigenvalue weighted by molar-refractivity contribution is -0.144. The number of alkyl halides is 3. The summed E-state index contributed by atoms with van der Waals surface area (Å²) in [5.74, 6) is -1.07. The van der Waals surface area contributed by atoms with Crippen molar-refractivity contribution in [3.05, 3.63) is 41.5 Å². The fourth-order valence-corrected chi connectivity index (χ4v) is 2.47. The molecule has 4 nitrogen and oxygen atoms in total. The zero-order valence-corrected chi connectivity index (χ0v) is 12.9. The zero-order valence-electron chi connectivity index (χ0n) is 12.9. The van der Waals surface area contributed by atoms with E-state index in [1.807, 2.05) is 0 Å². The van der Waals surface area contributed by atoms with Crippen LogP contribution in [0.3, 0.4) is 0 Å². The Morgan fingerprint density at radius 2 is 1.79 bits per heavy atom. The SMILES string of the molecule is O=C(COC(=O)/C=C/c1ccc(C(F)(F)F)cc1)NC1CCCC1. The molecule has 1 aromatic rings. The number of amides is 1. The molecular formula is C17H18F3NO3. The Morgan fingerprint density at radius 3 is 2.38 bits per heavy atom. The normalized spacial score (nSPS) is 15.6. The van der Waals surface area contributed by atoms with E-state index in [-0.39, 0.29) is 18.6 Å².